The van der Waals surface area contributed by atoms with Gasteiger partial charge in [0, 0.05) is 31.8 Å². The zero-order valence-corrected chi connectivity index (χ0v) is 10.7. The van der Waals surface area contributed by atoms with Crippen LogP contribution in [0.3, 0.4) is 0 Å². The molecule has 2 rings (SSSR count). The molecular weight excluding hydrogens is 230 g/mol. The Balaban J connectivity index is 2.06. The highest BCUT2D eigenvalue weighted by molar-refractivity contribution is 5.96. The number of nitrogens with one attached hydrogen (secondary N) is 3. The number of methoxy groups -OCH3 is 1. The van der Waals surface area contributed by atoms with Crippen molar-refractivity contribution in [3.63, 3.8) is 0 Å². The molecule has 1 aromatic carbocycles. The SMILES string of the molecule is COCC(C)NC(=O)c1ccc2c(c1)NCCN2. The fourth-order valence-electron chi connectivity index (χ4n) is 1.98. The van der Waals surface area contributed by atoms with E-state index in [4.69, 9.17) is 4.74 Å². The Morgan fingerprint density at radius 3 is 2.83 bits per heavy atom. The molecule has 1 atom stereocenters. The van der Waals surface area contributed by atoms with Crippen molar-refractivity contribution < 1.29 is 9.53 Å². The summed E-state index contributed by atoms with van der Waals surface area (Å²) in [4.78, 5) is 12.0. The summed E-state index contributed by atoms with van der Waals surface area (Å²) in [6, 6.07) is 5.63. The van der Waals surface area contributed by atoms with Gasteiger partial charge in [-0.3, -0.25) is 4.79 Å². The first-order valence-corrected chi connectivity index (χ1v) is 6.12. The molecule has 1 heterocycles. The molecule has 0 saturated heterocycles. The van der Waals surface area contributed by atoms with Crippen molar-refractivity contribution in [1.29, 1.82) is 0 Å². The van der Waals surface area contributed by atoms with Gasteiger partial charge < -0.3 is 20.7 Å². The molecule has 5 heteroatoms. The monoisotopic (exact) mass is 249 g/mol. The topological polar surface area (TPSA) is 62.4 Å². The Bertz CT molecular complexity index is 434. The number of anilines is 2. The second-order valence-corrected chi connectivity index (χ2v) is 4.44. The van der Waals surface area contributed by atoms with Crippen LogP contribution in [0.1, 0.15) is 17.3 Å². The molecule has 1 amide bonds. The molecule has 0 saturated carbocycles. The van der Waals surface area contributed by atoms with Gasteiger partial charge in [-0.2, -0.15) is 0 Å². The highest BCUT2D eigenvalue weighted by Crippen LogP contribution is 2.25. The molecule has 18 heavy (non-hydrogen) atoms. The van der Waals surface area contributed by atoms with Crippen molar-refractivity contribution in [1.82, 2.24) is 5.32 Å². The van der Waals surface area contributed by atoms with Crippen LogP contribution in [0.25, 0.3) is 0 Å². The Kier molecular flexibility index (Phi) is 4.04. The van der Waals surface area contributed by atoms with Crippen molar-refractivity contribution in [2.75, 3.05) is 37.4 Å². The van der Waals surface area contributed by atoms with E-state index in [0.29, 0.717) is 12.2 Å². The molecule has 0 fully saturated rings. The molecular formula is C13H19N3O2. The van der Waals surface area contributed by atoms with Gasteiger partial charge in [-0.25, -0.2) is 0 Å². The van der Waals surface area contributed by atoms with Crippen LogP contribution in [0.15, 0.2) is 18.2 Å². The van der Waals surface area contributed by atoms with E-state index in [0.717, 1.165) is 24.5 Å². The zero-order chi connectivity index (χ0) is 13.0. The fourth-order valence-corrected chi connectivity index (χ4v) is 1.98. The lowest BCUT2D eigenvalue weighted by atomic mass is 10.1. The number of fused-ring (bicyclic) bond motifs is 1. The number of ether oxygens (including phenoxy) is 1. The third-order valence-electron chi connectivity index (χ3n) is 2.83. The highest BCUT2D eigenvalue weighted by Gasteiger charge is 2.13. The van der Waals surface area contributed by atoms with E-state index in [1.54, 1.807) is 7.11 Å². The summed E-state index contributed by atoms with van der Waals surface area (Å²) in [5.41, 5.74) is 2.68. The number of carbonyl (C=O) groups excluding carboxylic acids is 1. The Morgan fingerprint density at radius 2 is 2.11 bits per heavy atom. The predicted octanol–water partition coefficient (Wildman–Crippen LogP) is 1.29. The van der Waals surface area contributed by atoms with Gasteiger partial charge in [-0.05, 0) is 25.1 Å². The predicted molar refractivity (Wildman–Crippen MR) is 72.2 cm³/mol. The average Bonchev–Trinajstić information content (AvgIpc) is 2.38. The Hall–Kier alpha value is -1.75. The summed E-state index contributed by atoms with van der Waals surface area (Å²) in [6.45, 7) is 4.21. The molecule has 0 aliphatic carbocycles. The standard InChI is InChI=1S/C13H19N3O2/c1-9(8-18-2)16-13(17)10-3-4-11-12(7-10)15-6-5-14-11/h3-4,7,9,14-15H,5-6,8H2,1-2H3,(H,16,17). The van der Waals surface area contributed by atoms with E-state index in [1.165, 1.54) is 0 Å². The minimum Gasteiger partial charge on any atom is -0.383 e. The largest absolute Gasteiger partial charge is 0.383 e. The molecule has 0 aromatic heterocycles. The van der Waals surface area contributed by atoms with Gasteiger partial charge in [-0.15, -0.1) is 0 Å². The summed E-state index contributed by atoms with van der Waals surface area (Å²) in [6.07, 6.45) is 0. The lowest BCUT2D eigenvalue weighted by molar-refractivity contribution is 0.0905. The van der Waals surface area contributed by atoms with Gasteiger partial charge in [0.1, 0.15) is 0 Å². The maximum atomic E-state index is 12.0. The third-order valence-corrected chi connectivity index (χ3v) is 2.83. The van der Waals surface area contributed by atoms with Crippen LogP contribution < -0.4 is 16.0 Å². The van der Waals surface area contributed by atoms with Crippen molar-refractivity contribution >= 4 is 17.3 Å². The first kappa shape index (κ1) is 12.7. The summed E-state index contributed by atoms with van der Waals surface area (Å²) >= 11 is 0. The minimum atomic E-state index is -0.0743. The van der Waals surface area contributed by atoms with Gasteiger partial charge in [0.05, 0.1) is 18.0 Å². The van der Waals surface area contributed by atoms with Crippen molar-refractivity contribution in [3.8, 4) is 0 Å². The molecule has 0 spiro atoms. The second-order valence-electron chi connectivity index (χ2n) is 4.44. The number of carbonyl (C=O) groups is 1. The van der Waals surface area contributed by atoms with Crippen molar-refractivity contribution in [2.24, 2.45) is 0 Å². The van der Waals surface area contributed by atoms with Crippen molar-refractivity contribution in [2.45, 2.75) is 13.0 Å². The van der Waals surface area contributed by atoms with Gasteiger partial charge >= 0.3 is 0 Å². The lowest BCUT2D eigenvalue weighted by Gasteiger charge is -2.20. The van der Waals surface area contributed by atoms with Crippen LogP contribution in [0.2, 0.25) is 0 Å². The molecule has 0 bridgehead atoms. The molecule has 1 unspecified atom stereocenters. The lowest BCUT2D eigenvalue weighted by Crippen LogP contribution is -2.35. The fraction of sp³-hybridized carbons (Fsp3) is 0.462. The third kappa shape index (κ3) is 2.92. The smallest absolute Gasteiger partial charge is 0.251 e. The van der Waals surface area contributed by atoms with E-state index < -0.39 is 0 Å². The van der Waals surface area contributed by atoms with Crippen LogP contribution in [0, 0.1) is 0 Å². The summed E-state index contributed by atoms with van der Waals surface area (Å²) in [5.74, 6) is -0.0743. The first-order valence-electron chi connectivity index (χ1n) is 6.12. The number of hydrogen-bond acceptors (Lipinski definition) is 4. The van der Waals surface area contributed by atoms with Crippen LogP contribution >= 0.6 is 0 Å². The van der Waals surface area contributed by atoms with Crippen LogP contribution in [-0.4, -0.2) is 38.8 Å². The first-order chi connectivity index (χ1) is 8.70. The molecule has 0 radical (unpaired) electrons. The Labute approximate surface area is 107 Å². The normalized spacial score (nSPS) is 15.0. The molecule has 1 aromatic rings. The van der Waals surface area contributed by atoms with E-state index in [-0.39, 0.29) is 11.9 Å². The van der Waals surface area contributed by atoms with Crippen LogP contribution in [0.4, 0.5) is 11.4 Å². The van der Waals surface area contributed by atoms with Gasteiger partial charge in [0.2, 0.25) is 0 Å². The zero-order valence-electron chi connectivity index (χ0n) is 10.7. The van der Waals surface area contributed by atoms with E-state index >= 15 is 0 Å². The van der Waals surface area contributed by atoms with Gasteiger partial charge in [0.15, 0.2) is 0 Å². The molecule has 1 aliphatic rings. The van der Waals surface area contributed by atoms with Crippen LogP contribution in [0.5, 0.6) is 0 Å². The van der Waals surface area contributed by atoms with Crippen LogP contribution in [-0.2, 0) is 4.74 Å². The Morgan fingerprint density at radius 1 is 1.39 bits per heavy atom. The number of rotatable bonds is 4. The maximum absolute atomic E-state index is 12.0. The second kappa shape index (κ2) is 5.73. The number of benzene rings is 1. The van der Waals surface area contributed by atoms with E-state index in [2.05, 4.69) is 16.0 Å². The van der Waals surface area contributed by atoms with E-state index in [9.17, 15) is 4.79 Å². The van der Waals surface area contributed by atoms with Gasteiger partial charge in [-0.1, -0.05) is 0 Å². The molecule has 3 N–H and O–H groups in total. The highest BCUT2D eigenvalue weighted by atomic mass is 16.5. The molecule has 5 nitrogen and oxygen atoms in total. The minimum absolute atomic E-state index is 0.00427. The summed E-state index contributed by atoms with van der Waals surface area (Å²) in [7, 11) is 1.62. The summed E-state index contributed by atoms with van der Waals surface area (Å²) in [5, 5.41) is 9.44. The quantitative estimate of drug-likeness (QED) is 0.752. The maximum Gasteiger partial charge on any atom is 0.251 e. The van der Waals surface area contributed by atoms with Crippen molar-refractivity contribution in [3.05, 3.63) is 23.8 Å². The van der Waals surface area contributed by atoms with E-state index in [1.807, 2.05) is 25.1 Å². The molecule has 98 valence electrons. The van der Waals surface area contributed by atoms with Gasteiger partial charge in [0.25, 0.3) is 5.91 Å². The summed E-state index contributed by atoms with van der Waals surface area (Å²) < 4.78 is 4.99. The molecule has 1 aliphatic heterocycles. The average molecular weight is 249 g/mol. The number of amides is 1. The number of hydrogen-bond donors (Lipinski definition) is 3.